The Kier molecular flexibility index (Phi) is 4.04. The molecule has 94 valence electrons. The van der Waals surface area contributed by atoms with E-state index in [0.717, 1.165) is 16.0 Å². The van der Waals surface area contributed by atoms with Crippen LogP contribution in [0.3, 0.4) is 0 Å². The van der Waals surface area contributed by atoms with E-state index >= 15 is 0 Å². The van der Waals surface area contributed by atoms with E-state index in [-0.39, 0.29) is 0 Å². The molecule has 0 aliphatic heterocycles. The summed E-state index contributed by atoms with van der Waals surface area (Å²) in [5.41, 5.74) is 8.30. The van der Waals surface area contributed by atoms with Gasteiger partial charge in [-0.2, -0.15) is 0 Å². The molecule has 0 spiro atoms. The van der Waals surface area contributed by atoms with Crippen LogP contribution in [0.1, 0.15) is 11.1 Å². The Morgan fingerprint density at radius 2 is 1.83 bits per heavy atom. The van der Waals surface area contributed by atoms with Crippen LogP contribution in [0.5, 0.6) is 0 Å². The quantitative estimate of drug-likeness (QED) is 0.874. The maximum atomic E-state index is 12.2. The second kappa shape index (κ2) is 5.55. The fraction of sp³-hybridized carbons (Fsp3) is 0.143. The number of aryl methyl sites for hydroxylation is 1. The molecule has 2 rings (SSSR count). The molecule has 2 nitrogen and oxygen atoms in total. The van der Waals surface area contributed by atoms with Crippen molar-refractivity contribution < 1.29 is 4.21 Å². The van der Waals surface area contributed by atoms with E-state index < -0.39 is 10.8 Å². The minimum Gasteiger partial charge on any atom is -0.399 e. The molecule has 1 atom stereocenters. The second-order valence-corrected chi connectivity index (χ2v) is 6.01. The molecule has 0 saturated carbocycles. The standard InChI is InChI=1S/C14H14ClNOS/c1-10-2-5-13(6-3-10)18(17)9-11-8-12(16)4-7-14(11)15/h2-8H,9,16H2,1H3. The summed E-state index contributed by atoms with van der Waals surface area (Å²) in [5, 5.41) is 0.602. The predicted octanol–water partition coefficient (Wildman–Crippen LogP) is 3.54. The van der Waals surface area contributed by atoms with Crippen LogP contribution < -0.4 is 5.73 Å². The van der Waals surface area contributed by atoms with Gasteiger partial charge in [0.05, 0.1) is 16.6 Å². The fourth-order valence-electron chi connectivity index (χ4n) is 1.62. The van der Waals surface area contributed by atoms with E-state index in [1.54, 1.807) is 18.2 Å². The molecule has 0 bridgehead atoms. The molecule has 4 heteroatoms. The van der Waals surface area contributed by atoms with Crippen LogP contribution in [-0.4, -0.2) is 4.21 Å². The van der Waals surface area contributed by atoms with Crippen LogP contribution in [-0.2, 0) is 16.6 Å². The van der Waals surface area contributed by atoms with Crippen molar-refractivity contribution in [1.82, 2.24) is 0 Å². The average Bonchev–Trinajstić information content (AvgIpc) is 2.34. The molecular formula is C14H14ClNOS. The lowest BCUT2D eigenvalue weighted by atomic mass is 10.2. The largest absolute Gasteiger partial charge is 0.399 e. The summed E-state index contributed by atoms with van der Waals surface area (Å²) in [6, 6.07) is 12.9. The van der Waals surface area contributed by atoms with Crippen molar-refractivity contribution in [3.63, 3.8) is 0 Å². The van der Waals surface area contributed by atoms with Gasteiger partial charge in [0.2, 0.25) is 0 Å². The summed E-state index contributed by atoms with van der Waals surface area (Å²) < 4.78 is 12.2. The Labute approximate surface area is 114 Å². The molecule has 0 amide bonds. The third-order valence-corrected chi connectivity index (χ3v) is 4.38. The van der Waals surface area contributed by atoms with Gasteiger partial charge in [0.25, 0.3) is 0 Å². The van der Waals surface area contributed by atoms with Crippen molar-refractivity contribution >= 4 is 28.1 Å². The van der Waals surface area contributed by atoms with Crippen molar-refractivity contribution in [2.45, 2.75) is 17.6 Å². The molecule has 18 heavy (non-hydrogen) atoms. The van der Waals surface area contributed by atoms with Gasteiger partial charge in [-0.25, -0.2) is 0 Å². The van der Waals surface area contributed by atoms with Gasteiger partial charge in [0.1, 0.15) is 0 Å². The minimum absolute atomic E-state index is 0.382. The topological polar surface area (TPSA) is 43.1 Å². The monoisotopic (exact) mass is 279 g/mol. The number of hydrogen-bond acceptors (Lipinski definition) is 2. The maximum absolute atomic E-state index is 12.2. The zero-order chi connectivity index (χ0) is 13.1. The number of hydrogen-bond donors (Lipinski definition) is 1. The van der Waals surface area contributed by atoms with Gasteiger partial charge in [0.15, 0.2) is 0 Å². The lowest BCUT2D eigenvalue weighted by Gasteiger charge is -2.06. The molecule has 0 saturated heterocycles. The lowest BCUT2D eigenvalue weighted by Crippen LogP contribution is -1.98. The normalized spacial score (nSPS) is 12.3. The van der Waals surface area contributed by atoms with Crippen molar-refractivity contribution in [3.05, 3.63) is 58.6 Å². The van der Waals surface area contributed by atoms with E-state index in [0.29, 0.717) is 16.5 Å². The minimum atomic E-state index is -1.10. The summed E-state index contributed by atoms with van der Waals surface area (Å²) in [7, 11) is -1.10. The summed E-state index contributed by atoms with van der Waals surface area (Å²) in [6.07, 6.45) is 0. The number of nitrogens with two attached hydrogens (primary N) is 1. The van der Waals surface area contributed by atoms with Gasteiger partial charge in [-0.1, -0.05) is 29.3 Å². The van der Waals surface area contributed by atoms with Crippen molar-refractivity contribution in [1.29, 1.82) is 0 Å². The number of nitrogen functional groups attached to an aromatic ring is 1. The first-order valence-electron chi connectivity index (χ1n) is 5.55. The summed E-state index contributed by atoms with van der Waals surface area (Å²) >= 11 is 6.06. The molecule has 2 N–H and O–H groups in total. The predicted molar refractivity (Wildman–Crippen MR) is 77.2 cm³/mol. The van der Waals surface area contributed by atoms with Gasteiger partial charge < -0.3 is 5.73 Å². The van der Waals surface area contributed by atoms with E-state index in [9.17, 15) is 4.21 Å². The van der Waals surface area contributed by atoms with E-state index in [1.807, 2.05) is 31.2 Å². The maximum Gasteiger partial charge on any atom is 0.0574 e. The highest BCUT2D eigenvalue weighted by molar-refractivity contribution is 7.84. The molecule has 2 aromatic rings. The SMILES string of the molecule is Cc1ccc(S(=O)Cc2cc(N)ccc2Cl)cc1. The Morgan fingerprint density at radius 1 is 1.17 bits per heavy atom. The van der Waals surface area contributed by atoms with Crippen molar-refractivity contribution in [2.24, 2.45) is 0 Å². The molecule has 2 aromatic carbocycles. The van der Waals surface area contributed by atoms with E-state index in [1.165, 1.54) is 0 Å². The third-order valence-electron chi connectivity index (χ3n) is 2.64. The van der Waals surface area contributed by atoms with Crippen LogP contribution in [0.15, 0.2) is 47.4 Å². The molecule has 1 unspecified atom stereocenters. The van der Waals surface area contributed by atoms with Gasteiger partial charge >= 0.3 is 0 Å². The zero-order valence-corrected chi connectivity index (χ0v) is 11.6. The van der Waals surface area contributed by atoms with Gasteiger partial charge in [-0.05, 0) is 42.8 Å². The van der Waals surface area contributed by atoms with Gasteiger partial charge in [-0.15, -0.1) is 0 Å². The number of anilines is 1. The third kappa shape index (κ3) is 3.12. The van der Waals surface area contributed by atoms with Gasteiger partial charge in [0, 0.05) is 15.6 Å². The molecule has 0 aliphatic carbocycles. The lowest BCUT2D eigenvalue weighted by molar-refractivity contribution is 0.682. The van der Waals surface area contributed by atoms with E-state index in [4.69, 9.17) is 17.3 Å². The highest BCUT2D eigenvalue weighted by atomic mass is 35.5. The number of benzene rings is 2. The van der Waals surface area contributed by atoms with Crippen LogP contribution in [0, 0.1) is 6.92 Å². The first-order chi connectivity index (χ1) is 8.56. The van der Waals surface area contributed by atoms with Crippen LogP contribution in [0.2, 0.25) is 5.02 Å². The number of rotatable bonds is 3. The zero-order valence-electron chi connectivity index (χ0n) is 10.0. The van der Waals surface area contributed by atoms with Crippen LogP contribution >= 0.6 is 11.6 Å². The van der Waals surface area contributed by atoms with Crippen LogP contribution in [0.4, 0.5) is 5.69 Å². The first-order valence-corrected chi connectivity index (χ1v) is 7.25. The Bertz CT molecular complexity index is 581. The Morgan fingerprint density at radius 3 is 2.50 bits per heavy atom. The molecule has 0 aliphatic rings. The smallest absolute Gasteiger partial charge is 0.0574 e. The van der Waals surface area contributed by atoms with Crippen molar-refractivity contribution in [2.75, 3.05) is 5.73 Å². The molecule has 0 fully saturated rings. The van der Waals surface area contributed by atoms with E-state index in [2.05, 4.69) is 0 Å². The molecule has 0 radical (unpaired) electrons. The summed E-state index contributed by atoms with van der Waals surface area (Å²) in [5.74, 6) is 0.382. The van der Waals surface area contributed by atoms with Crippen LogP contribution in [0.25, 0.3) is 0 Å². The highest BCUT2D eigenvalue weighted by Gasteiger charge is 2.08. The Balaban J connectivity index is 2.21. The molecule has 0 heterocycles. The fourth-order valence-corrected chi connectivity index (χ4v) is 3.01. The summed E-state index contributed by atoms with van der Waals surface area (Å²) in [4.78, 5) is 0.805. The molecular weight excluding hydrogens is 266 g/mol. The Hall–Kier alpha value is -1.32. The second-order valence-electron chi connectivity index (χ2n) is 4.15. The molecule has 0 aromatic heterocycles. The van der Waals surface area contributed by atoms with Crippen molar-refractivity contribution in [3.8, 4) is 0 Å². The average molecular weight is 280 g/mol. The summed E-state index contributed by atoms with van der Waals surface area (Å²) in [6.45, 7) is 2.00. The first kappa shape index (κ1) is 13.1. The highest BCUT2D eigenvalue weighted by Crippen LogP contribution is 2.22. The number of halogens is 1. The van der Waals surface area contributed by atoms with Gasteiger partial charge in [-0.3, -0.25) is 4.21 Å².